The monoisotopic (exact) mass is 410 g/mol. The molecule has 0 unspecified atom stereocenters. The van der Waals surface area contributed by atoms with Crippen LogP contribution >= 0.6 is 11.8 Å². The molecular weight excluding hydrogens is 380 g/mol. The van der Waals surface area contributed by atoms with E-state index in [1.54, 1.807) is 9.80 Å². The van der Waals surface area contributed by atoms with Crippen molar-refractivity contribution in [3.05, 3.63) is 0 Å². The van der Waals surface area contributed by atoms with Crippen LogP contribution in [0.15, 0.2) is 4.99 Å². The van der Waals surface area contributed by atoms with Gasteiger partial charge in [0.2, 0.25) is 17.7 Å². The summed E-state index contributed by atoms with van der Waals surface area (Å²) in [6, 6.07) is -0.144. The van der Waals surface area contributed by atoms with Gasteiger partial charge in [0, 0.05) is 58.8 Å². The Morgan fingerprint density at radius 2 is 1.43 bits per heavy atom. The van der Waals surface area contributed by atoms with Gasteiger partial charge in [-0.05, 0) is 21.0 Å². The van der Waals surface area contributed by atoms with Gasteiger partial charge in [0.25, 0.3) is 0 Å². The lowest BCUT2D eigenvalue weighted by Gasteiger charge is -2.37. The molecule has 0 spiro atoms. The number of thioether (sulfide) groups is 1. The van der Waals surface area contributed by atoms with Crippen LogP contribution in [0.1, 0.15) is 13.3 Å². The second-order valence-corrected chi connectivity index (χ2v) is 8.88. The second kappa shape index (κ2) is 9.23. The third-order valence-electron chi connectivity index (χ3n) is 5.37. The van der Waals surface area contributed by atoms with E-state index in [4.69, 9.17) is 0 Å². The summed E-state index contributed by atoms with van der Waals surface area (Å²) in [6.07, 6.45) is 0.327. The molecule has 156 valence electrons. The Kier molecular flexibility index (Phi) is 6.95. The van der Waals surface area contributed by atoms with Gasteiger partial charge in [-0.1, -0.05) is 11.8 Å². The Morgan fingerprint density at radius 3 is 1.86 bits per heavy atom. The molecule has 0 radical (unpaired) electrons. The molecule has 1 N–H and O–H groups in total. The summed E-state index contributed by atoms with van der Waals surface area (Å²) < 4.78 is 0. The fraction of sp³-hybridized carbons (Fsp3) is 0.778. The predicted molar refractivity (Wildman–Crippen MR) is 109 cm³/mol. The second-order valence-electron chi connectivity index (χ2n) is 7.79. The molecule has 3 aliphatic rings. The van der Waals surface area contributed by atoms with Crippen molar-refractivity contribution in [2.24, 2.45) is 4.99 Å². The normalized spacial score (nSPS) is 24.9. The highest BCUT2D eigenvalue weighted by molar-refractivity contribution is 8.15. The largest absolute Gasteiger partial charge is 0.339 e. The summed E-state index contributed by atoms with van der Waals surface area (Å²) in [5.74, 6) is -0.489. The molecule has 10 heteroatoms. The van der Waals surface area contributed by atoms with Gasteiger partial charge in [-0.15, -0.1) is 0 Å². The van der Waals surface area contributed by atoms with Crippen LogP contribution in [0.2, 0.25) is 0 Å². The number of likely N-dealkylation sites (N-methyl/N-ethyl adjacent to an activating group) is 2. The minimum atomic E-state index is -0.906. The highest BCUT2D eigenvalue weighted by atomic mass is 32.2. The van der Waals surface area contributed by atoms with Crippen LogP contribution in [-0.4, -0.2) is 120 Å². The Balaban J connectivity index is 1.76. The first-order valence-electron chi connectivity index (χ1n) is 9.82. The van der Waals surface area contributed by atoms with Crippen molar-refractivity contribution < 1.29 is 14.4 Å². The van der Waals surface area contributed by atoms with Crippen molar-refractivity contribution in [1.29, 1.82) is 0 Å². The molecule has 3 aliphatic heterocycles. The van der Waals surface area contributed by atoms with E-state index >= 15 is 0 Å². The zero-order chi connectivity index (χ0) is 20.3. The number of carbonyl (C=O) groups excluding carboxylic acids is 3. The van der Waals surface area contributed by atoms with Crippen molar-refractivity contribution in [1.82, 2.24) is 24.9 Å². The van der Waals surface area contributed by atoms with E-state index in [9.17, 15) is 14.4 Å². The van der Waals surface area contributed by atoms with Gasteiger partial charge in [0.05, 0.1) is 6.04 Å². The highest BCUT2D eigenvalue weighted by Gasteiger charge is 2.38. The molecule has 2 saturated heterocycles. The molecule has 0 aliphatic carbocycles. The Labute approximate surface area is 170 Å². The lowest BCUT2D eigenvalue weighted by molar-refractivity contribution is -0.141. The summed E-state index contributed by atoms with van der Waals surface area (Å²) in [4.78, 5) is 50.7. The smallest absolute Gasteiger partial charge is 0.245 e. The van der Waals surface area contributed by atoms with E-state index in [1.807, 2.05) is 21.0 Å². The number of amidine groups is 1. The average Bonchev–Trinajstić information content (AvgIpc) is 2.65. The average molecular weight is 411 g/mol. The van der Waals surface area contributed by atoms with Gasteiger partial charge < -0.3 is 24.9 Å². The molecule has 3 amide bonds. The number of nitrogens with one attached hydrogen (secondary N) is 1. The topological polar surface area (TPSA) is 88.6 Å². The molecule has 3 rings (SSSR count). The maximum absolute atomic E-state index is 13.3. The minimum absolute atomic E-state index is 0.122. The fourth-order valence-electron chi connectivity index (χ4n) is 3.48. The maximum Gasteiger partial charge on any atom is 0.245 e. The maximum atomic E-state index is 13.3. The summed E-state index contributed by atoms with van der Waals surface area (Å²) >= 11 is 1.09. The van der Waals surface area contributed by atoms with E-state index < -0.39 is 5.25 Å². The molecule has 28 heavy (non-hydrogen) atoms. The fourth-order valence-corrected chi connectivity index (χ4v) is 4.62. The van der Waals surface area contributed by atoms with E-state index in [2.05, 4.69) is 20.1 Å². The van der Waals surface area contributed by atoms with Crippen LogP contribution in [0, 0.1) is 0 Å². The SMILES string of the molecule is C[C@H]1CC(=O)NC(SC(C(=O)N2CCN(C)CC2)C(=O)N2CCN(C)CC2)=N1. The molecule has 1 atom stereocenters. The van der Waals surface area contributed by atoms with Gasteiger partial charge in [-0.25, -0.2) is 0 Å². The number of rotatable bonds is 3. The molecule has 0 aromatic carbocycles. The first kappa shape index (κ1) is 21.1. The van der Waals surface area contributed by atoms with Crippen molar-refractivity contribution >= 4 is 34.7 Å². The van der Waals surface area contributed by atoms with Crippen LogP contribution in [0.5, 0.6) is 0 Å². The molecule has 0 bridgehead atoms. The molecule has 9 nitrogen and oxygen atoms in total. The molecular formula is C18H30N6O3S. The van der Waals surface area contributed by atoms with Crippen LogP contribution in [-0.2, 0) is 14.4 Å². The van der Waals surface area contributed by atoms with Crippen molar-refractivity contribution in [2.45, 2.75) is 24.6 Å². The summed E-state index contributed by atoms with van der Waals surface area (Å²) in [5, 5.41) is 2.19. The van der Waals surface area contributed by atoms with Gasteiger partial charge >= 0.3 is 0 Å². The standard InChI is InChI=1S/C18H30N6O3S/c1-13-12-14(25)20-18(19-13)28-15(16(26)23-8-4-21(2)5-9-23)17(27)24-10-6-22(3)7-11-24/h13,15H,4-12H2,1-3H3,(H,19,20,25)/t13-/m0/s1. The third kappa shape index (κ3) is 5.24. The molecule has 0 aromatic heterocycles. The first-order chi connectivity index (χ1) is 13.3. The van der Waals surface area contributed by atoms with E-state index in [0.29, 0.717) is 37.8 Å². The van der Waals surface area contributed by atoms with E-state index in [-0.39, 0.29) is 23.8 Å². The van der Waals surface area contributed by atoms with Crippen LogP contribution in [0.3, 0.4) is 0 Å². The molecule has 0 aromatic rings. The lowest BCUT2D eigenvalue weighted by Crippen LogP contribution is -2.56. The summed E-state index contributed by atoms with van der Waals surface area (Å²) in [6.45, 7) is 7.46. The van der Waals surface area contributed by atoms with Gasteiger partial charge in [-0.3, -0.25) is 19.4 Å². The van der Waals surface area contributed by atoms with Crippen LogP contribution < -0.4 is 5.32 Å². The van der Waals surface area contributed by atoms with E-state index in [1.165, 1.54) is 0 Å². The van der Waals surface area contributed by atoms with Gasteiger partial charge in [0.15, 0.2) is 10.4 Å². The number of hydrogen-bond acceptors (Lipinski definition) is 7. The first-order valence-corrected chi connectivity index (χ1v) is 10.7. The number of hydrogen-bond donors (Lipinski definition) is 1. The molecule has 0 saturated carbocycles. The summed E-state index contributed by atoms with van der Waals surface area (Å²) in [7, 11) is 4.05. The van der Waals surface area contributed by atoms with Crippen molar-refractivity contribution in [3.63, 3.8) is 0 Å². The number of nitrogens with zero attached hydrogens (tertiary/aromatic N) is 5. The number of aliphatic imine (C=N–C) groups is 1. The van der Waals surface area contributed by atoms with Crippen molar-refractivity contribution in [3.8, 4) is 0 Å². The van der Waals surface area contributed by atoms with Crippen LogP contribution in [0.4, 0.5) is 0 Å². The van der Waals surface area contributed by atoms with Gasteiger partial charge in [-0.2, -0.15) is 0 Å². The highest BCUT2D eigenvalue weighted by Crippen LogP contribution is 2.22. The quantitative estimate of drug-likeness (QED) is 0.595. The molecule has 3 heterocycles. The zero-order valence-electron chi connectivity index (χ0n) is 16.9. The number of amides is 3. The third-order valence-corrected chi connectivity index (χ3v) is 6.44. The predicted octanol–water partition coefficient (Wildman–Crippen LogP) is -1.10. The Morgan fingerprint density at radius 1 is 0.964 bits per heavy atom. The Bertz CT molecular complexity index is 607. The lowest BCUT2D eigenvalue weighted by atomic mass is 10.2. The molecule has 2 fully saturated rings. The zero-order valence-corrected chi connectivity index (χ0v) is 17.7. The number of piperazine rings is 2. The van der Waals surface area contributed by atoms with Gasteiger partial charge in [0.1, 0.15) is 0 Å². The number of carbonyl (C=O) groups is 3. The van der Waals surface area contributed by atoms with E-state index in [0.717, 1.165) is 37.9 Å². The summed E-state index contributed by atoms with van der Waals surface area (Å²) in [5.41, 5.74) is 0. The minimum Gasteiger partial charge on any atom is -0.339 e. The Hall–Kier alpha value is -1.65. The van der Waals surface area contributed by atoms with Crippen LogP contribution in [0.25, 0.3) is 0 Å². The van der Waals surface area contributed by atoms with Crippen molar-refractivity contribution in [2.75, 3.05) is 66.5 Å².